The molecule has 0 saturated heterocycles. The number of aliphatic carboxylic acids is 2. The highest BCUT2D eigenvalue weighted by Crippen LogP contribution is 2.39. The van der Waals surface area contributed by atoms with Crippen LogP contribution in [0.2, 0.25) is 0 Å². The number of hydrogen-bond acceptors (Lipinski definition) is 3. The lowest BCUT2D eigenvalue weighted by atomic mass is 9.81. The van der Waals surface area contributed by atoms with Crippen molar-refractivity contribution in [1.29, 1.82) is 0 Å². The lowest BCUT2D eigenvalue weighted by molar-refractivity contribution is -0.140. The number of dihydropyridines is 1. The van der Waals surface area contributed by atoms with Gasteiger partial charge in [0, 0.05) is 11.9 Å². The molecule has 1 aromatic carbocycles. The van der Waals surface area contributed by atoms with Crippen LogP contribution in [0.15, 0.2) is 41.2 Å². The molecular weight excluding hydrogens is 334 g/mol. The Morgan fingerprint density at radius 3 is 2.29 bits per heavy atom. The molecule has 0 aromatic heterocycles. The van der Waals surface area contributed by atoms with Crippen molar-refractivity contribution in [2.75, 3.05) is 0 Å². The molecule has 0 aliphatic carbocycles. The van der Waals surface area contributed by atoms with Crippen LogP contribution in [0.5, 0.6) is 0 Å². The summed E-state index contributed by atoms with van der Waals surface area (Å²) in [7, 11) is 0. The molecule has 1 aliphatic rings. The van der Waals surface area contributed by atoms with Crippen molar-refractivity contribution >= 4 is 11.9 Å². The average molecular weight is 345 g/mol. The Morgan fingerprint density at radius 2 is 1.79 bits per heavy atom. The van der Waals surface area contributed by atoms with Crippen molar-refractivity contribution in [3.8, 4) is 0 Å². The summed E-state index contributed by atoms with van der Waals surface area (Å²) < 4.78 is 52.0. The lowest BCUT2D eigenvalue weighted by Crippen LogP contribution is -2.28. The van der Waals surface area contributed by atoms with Crippen LogP contribution in [-0.4, -0.2) is 22.2 Å². The van der Waals surface area contributed by atoms with Crippen molar-refractivity contribution in [3.63, 3.8) is 0 Å². The first kappa shape index (κ1) is 17.5. The molecule has 0 bridgehead atoms. The topological polar surface area (TPSA) is 86.6 Å². The second-order valence-corrected chi connectivity index (χ2v) is 5.06. The molecule has 1 aromatic rings. The minimum Gasteiger partial charge on any atom is -0.478 e. The summed E-state index contributed by atoms with van der Waals surface area (Å²) >= 11 is 0. The van der Waals surface area contributed by atoms with E-state index in [1.54, 1.807) is 0 Å². The zero-order valence-corrected chi connectivity index (χ0v) is 12.1. The Balaban J connectivity index is 2.69. The van der Waals surface area contributed by atoms with Crippen molar-refractivity contribution in [3.05, 3.63) is 58.2 Å². The van der Waals surface area contributed by atoms with Crippen molar-refractivity contribution in [1.82, 2.24) is 5.32 Å². The SMILES string of the molecule is CC1=C(C(=O)O)C(c2ccc(F)c(C(F)(F)F)c2)C(C(=O)O)=CN1. The standard InChI is InChI=1S/C15H11F4NO4/c1-6-11(14(23)24)12(8(5-20-6)13(21)22)7-2-3-10(16)9(4-7)15(17,18)19/h2-5,12,20H,1H3,(H,21,22)(H,23,24). The molecule has 0 saturated carbocycles. The highest BCUT2D eigenvalue weighted by molar-refractivity contribution is 5.97. The Hall–Kier alpha value is -2.84. The fraction of sp³-hybridized carbons (Fsp3) is 0.200. The van der Waals surface area contributed by atoms with E-state index in [-0.39, 0.29) is 11.3 Å². The smallest absolute Gasteiger partial charge is 0.419 e. The Bertz CT molecular complexity index is 780. The second-order valence-electron chi connectivity index (χ2n) is 5.06. The first-order valence-electron chi connectivity index (χ1n) is 6.54. The van der Waals surface area contributed by atoms with Crippen LogP contribution in [0, 0.1) is 5.82 Å². The van der Waals surface area contributed by atoms with Gasteiger partial charge in [0.25, 0.3) is 0 Å². The van der Waals surface area contributed by atoms with Crippen LogP contribution in [0.3, 0.4) is 0 Å². The number of carbonyl (C=O) groups is 2. The third kappa shape index (κ3) is 3.10. The minimum atomic E-state index is -5.00. The Morgan fingerprint density at radius 1 is 1.17 bits per heavy atom. The maximum atomic E-state index is 13.4. The summed E-state index contributed by atoms with van der Waals surface area (Å²) in [6.45, 7) is 1.35. The van der Waals surface area contributed by atoms with E-state index >= 15 is 0 Å². The summed E-state index contributed by atoms with van der Waals surface area (Å²) in [5.74, 6) is -5.99. The molecule has 1 atom stereocenters. The third-order valence-electron chi connectivity index (χ3n) is 3.55. The van der Waals surface area contributed by atoms with E-state index in [2.05, 4.69) is 5.32 Å². The third-order valence-corrected chi connectivity index (χ3v) is 3.55. The van der Waals surface area contributed by atoms with Gasteiger partial charge in [-0.15, -0.1) is 0 Å². The van der Waals surface area contributed by atoms with Crippen molar-refractivity contribution in [2.45, 2.75) is 19.0 Å². The van der Waals surface area contributed by atoms with Gasteiger partial charge in [-0.1, -0.05) is 6.07 Å². The average Bonchev–Trinajstić information content (AvgIpc) is 2.45. The van der Waals surface area contributed by atoms with Gasteiger partial charge in [-0.05, 0) is 24.6 Å². The monoisotopic (exact) mass is 345 g/mol. The van der Waals surface area contributed by atoms with E-state index in [0.29, 0.717) is 12.1 Å². The van der Waals surface area contributed by atoms with Gasteiger partial charge in [-0.3, -0.25) is 0 Å². The second kappa shape index (κ2) is 5.99. The first-order chi connectivity index (χ1) is 11.0. The normalized spacial score (nSPS) is 18.0. The van der Waals surface area contributed by atoms with E-state index in [4.69, 9.17) is 0 Å². The number of carboxylic acid groups (broad SMARTS) is 2. The molecule has 1 unspecified atom stereocenters. The number of hydrogen-bond donors (Lipinski definition) is 3. The predicted octanol–water partition coefficient (Wildman–Crippen LogP) is 2.86. The maximum Gasteiger partial charge on any atom is 0.419 e. The van der Waals surface area contributed by atoms with Crippen molar-refractivity contribution < 1.29 is 37.4 Å². The van der Waals surface area contributed by atoms with Gasteiger partial charge in [-0.25, -0.2) is 14.0 Å². The predicted molar refractivity (Wildman–Crippen MR) is 73.3 cm³/mol. The molecule has 2 rings (SSSR count). The van der Waals surface area contributed by atoms with E-state index < -0.39 is 46.6 Å². The molecular formula is C15H11F4NO4. The number of benzene rings is 1. The molecule has 1 heterocycles. The Kier molecular flexibility index (Phi) is 4.37. The number of halogens is 4. The number of rotatable bonds is 3. The highest BCUT2D eigenvalue weighted by atomic mass is 19.4. The molecule has 1 aliphatic heterocycles. The van der Waals surface area contributed by atoms with Gasteiger partial charge in [0.15, 0.2) is 0 Å². The fourth-order valence-corrected chi connectivity index (χ4v) is 2.47. The maximum absolute atomic E-state index is 13.4. The van der Waals surface area contributed by atoms with E-state index in [0.717, 1.165) is 12.3 Å². The van der Waals surface area contributed by atoms with Crippen LogP contribution in [0.25, 0.3) is 0 Å². The molecule has 0 amide bonds. The number of carboxylic acids is 2. The van der Waals surface area contributed by atoms with Crippen LogP contribution in [-0.2, 0) is 15.8 Å². The van der Waals surface area contributed by atoms with Gasteiger partial charge in [0.2, 0.25) is 0 Å². The largest absolute Gasteiger partial charge is 0.478 e. The number of allylic oxidation sites excluding steroid dienone is 1. The van der Waals surface area contributed by atoms with Gasteiger partial charge < -0.3 is 15.5 Å². The molecule has 128 valence electrons. The first-order valence-corrected chi connectivity index (χ1v) is 6.54. The summed E-state index contributed by atoms with van der Waals surface area (Å²) in [4.78, 5) is 22.8. The summed E-state index contributed by atoms with van der Waals surface area (Å²) in [6.07, 6.45) is -3.99. The molecule has 0 fully saturated rings. The molecule has 0 spiro atoms. The molecule has 0 radical (unpaired) electrons. The van der Waals surface area contributed by atoms with Crippen LogP contribution in [0.4, 0.5) is 17.6 Å². The lowest BCUT2D eigenvalue weighted by Gasteiger charge is -2.26. The van der Waals surface area contributed by atoms with E-state index in [1.165, 1.54) is 6.92 Å². The Labute approximate surface area is 132 Å². The molecule has 3 N–H and O–H groups in total. The van der Waals surface area contributed by atoms with Crippen molar-refractivity contribution in [2.24, 2.45) is 0 Å². The van der Waals surface area contributed by atoms with Crippen LogP contribution >= 0.6 is 0 Å². The van der Waals surface area contributed by atoms with E-state index in [1.807, 2.05) is 0 Å². The number of alkyl halides is 3. The van der Waals surface area contributed by atoms with Gasteiger partial charge in [-0.2, -0.15) is 13.2 Å². The van der Waals surface area contributed by atoms with Crippen LogP contribution < -0.4 is 5.32 Å². The zero-order valence-electron chi connectivity index (χ0n) is 12.1. The summed E-state index contributed by atoms with van der Waals surface area (Å²) in [6, 6.07) is 1.90. The highest BCUT2D eigenvalue weighted by Gasteiger charge is 2.38. The van der Waals surface area contributed by atoms with Gasteiger partial charge >= 0.3 is 18.1 Å². The minimum absolute atomic E-state index is 0.0791. The molecule has 9 heteroatoms. The summed E-state index contributed by atoms with van der Waals surface area (Å²) in [5, 5.41) is 21.0. The summed E-state index contributed by atoms with van der Waals surface area (Å²) in [5.41, 5.74) is -2.68. The van der Waals surface area contributed by atoms with Gasteiger partial charge in [0.1, 0.15) is 5.82 Å². The molecule has 24 heavy (non-hydrogen) atoms. The van der Waals surface area contributed by atoms with Crippen LogP contribution in [0.1, 0.15) is 24.0 Å². The quantitative estimate of drug-likeness (QED) is 0.734. The fourth-order valence-electron chi connectivity index (χ4n) is 2.47. The zero-order chi connectivity index (χ0) is 18.2. The van der Waals surface area contributed by atoms with E-state index in [9.17, 15) is 37.4 Å². The molecule has 5 nitrogen and oxygen atoms in total. The van der Waals surface area contributed by atoms with Gasteiger partial charge in [0.05, 0.1) is 22.6 Å². The number of nitrogens with one attached hydrogen (secondary N) is 1.